The highest BCUT2D eigenvalue weighted by Crippen LogP contribution is 2.19. The van der Waals surface area contributed by atoms with Gasteiger partial charge < -0.3 is 15.4 Å². The minimum absolute atomic E-state index is 0.0128. The van der Waals surface area contributed by atoms with Crippen molar-refractivity contribution >= 4 is 28.6 Å². The van der Waals surface area contributed by atoms with Crippen LogP contribution < -0.4 is 10.7 Å². The summed E-state index contributed by atoms with van der Waals surface area (Å²) in [5.74, 6) is -1.92. The molecule has 3 N–H and O–H groups in total. The molecule has 7 nitrogen and oxygen atoms in total. The zero-order chi connectivity index (χ0) is 24.2. The van der Waals surface area contributed by atoms with Crippen molar-refractivity contribution < 1.29 is 19.5 Å². The number of Topliss-reactive ketones (excluding diaryl/α,β-unsaturated/α-hetero) is 1. The maximum Gasteiger partial charge on any atom is 0.341 e. The lowest BCUT2D eigenvalue weighted by Gasteiger charge is -2.14. The number of carbonyl (C=O) groups excluding carboxylic acids is 2. The molecule has 1 aromatic heterocycles. The monoisotopic (exact) mass is 454 g/mol. The van der Waals surface area contributed by atoms with E-state index in [1.165, 1.54) is 6.07 Å². The molecule has 1 atom stereocenters. The summed E-state index contributed by atoms with van der Waals surface area (Å²) in [6.07, 6.45) is 1.14. The molecule has 0 aliphatic carbocycles. The Morgan fingerprint density at radius 3 is 2.29 bits per heavy atom. The van der Waals surface area contributed by atoms with Crippen molar-refractivity contribution in [1.29, 1.82) is 0 Å². The van der Waals surface area contributed by atoms with Crippen LogP contribution in [0.4, 0.5) is 0 Å². The van der Waals surface area contributed by atoms with Crippen LogP contribution >= 0.6 is 0 Å². The van der Waals surface area contributed by atoms with Crippen LogP contribution in [0, 0.1) is 0 Å². The second kappa shape index (κ2) is 9.54. The number of pyridine rings is 1. The second-order valence-corrected chi connectivity index (χ2v) is 8.00. The molecule has 0 saturated carbocycles. The third kappa shape index (κ3) is 4.78. The minimum atomic E-state index is -1.32. The minimum Gasteiger partial charge on any atom is -0.477 e. The van der Waals surface area contributed by atoms with Crippen LogP contribution in [0.25, 0.3) is 22.0 Å². The quantitative estimate of drug-likeness (QED) is 0.393. The smallest absolute Gasteiger partial charge is 0.341 e. The number of aromatic nitrogens is 1. The number of aromatic carboxylic acids is 1. The van der Waals surface area contributed by atoms with Gasteiger partial charge in [0.15, 0.2) is 5.78 Å². The Labute approximate surface area is 195 Å². The number of ketones is 1. The molecule has 0 radical (unpaired) electrons. The zero-order valence-corrected chi connectivity index (χ0v) is 18.4. The molecule has 4 aromatic rings. The molecule has 3 aromatic carbocycles. The highest BCUT2D eigenvalue weighted by molar-refractivity contribution is 5.99. The molecule has 34 heavy (non-hydrogen) atoms. The van der Waals surface area contributed by atoms with Crippen LogP contribution in [0.15, 0.2) is 83.8 Å². The lowest BCUT2D eigenvalue weighted by atomic mass is 10.0. The van der Waals surface area contributed by atoms with Gasteiger partial charge in [-0.2, -0.15) is 0 Å². The molecular weight excluding hydrogens is 432 g/mol. The number of carboxylic acid groups (broad SMARTS) is 1. The Balaban J connectivity index is 1.44. The largest absolute Gasteiger partial charge is 0.477 e. The topological polar surface area (TPSA) is 116 Å². The maximum atomic E-state index is 12.7. The normalized spacial score (nSPS) is 11.7. The van der Waals surface area contributed by atoms with Crippen LogP contribution in [0.3, 0.4) is 0 Å². The third-order valence-electron chi connectivity index (χ3n) is 5.64. The van der Waals surface area contributed by atoms with Crippen molar-refractivity contribution in [3.8, 4) is 11.1 Å². The van der Waals surface area contributed by atoms with Gasteiger partial charge in [0.05, 0.1) is 6.04 Å². The van der Waals surface area contributed by atoms with Crippen LogP contribution in [-0.4, -0.2) is 33.8 Å². The summed E-state index contributed by atoms with van der Waals surface area (Å²) in [4.78, 5) is 51.7. The number of hydrogen-bond donors (Lipinski definition) is 3. The molecule has 0 unspecified atom stereocenters. The lowest BCUT2D eigenvalue weighted by Crippen LogP contribution is -2.39. The van der Waals surface area contributed by atoms with Crippen molar-refractivity contribution in [3.05, 3.63) is 106 Å². The number of carbonyl (C=O) groups is 3. The van der Waals surface area contributed by atoms with Gasteiger partial charge in [-0.05, 0) is 47.9 Å². The van der Waals surface area contributed by atoms with Gasteiger partial charge in [-0.3, -0.25) is 14.4 Å². The Morgan fingerprint density at radius 2 is 1.62 bits per heavy atom. The highest BCUT2D eigenvalue weighted by atomic mass is 16.4. The number of hydrogen-bond acceptors (Lipinski definition) is 4. The Kier molecular flexibility index (Phi) is 6.36. The van der Waals surface area contributed by atoms with Gasteiger partial charge in [0.2, 0.25) is 5.43 Å². The summed E-state index contributed by atoms with van der Waals surface area (Å²) in [5.41, 5.74) is 2.52. The van der Waals surface area contributed by atoms with E-state index in [0.717, 1.165) is 17.3 Å². The molecule has 1 amide bonds. The molecule has 7 heteroatoms. The van der Waals surface area contributed by atoms with E-state index in [9.17, 15) is 19.2 Å². The first-order valence-electron chi connectivity index (χ1n) is 10.7. The molecule has 0 spiro atoms. The Morgan fingerprint density at radius 1 is 0.941 bits per heavy atom. The predicted octanol–water partition coefficient (Wildman–Crippen LogP) is 3.82. The van der Waals surface area contributed by atoms with Gasteiger partial charge >= 0.3 is 5.97 Å². The van der Waals surface area contributed by atoms with E-state index in [2.05, 4.69) is 10.3 Å². The summed E-state index contributed by atoms with van der Waals surface area (Å²) in [7, 11) is 0. The standard InChI is InChI=1S/C27H22N2O5/c1-16(29-26(32)20-10-8-19(9-11-20)18-5-3-2-4-6-18)24(30)14-17-7-12-23-21(13-17)25(31)22(15-28-23)27(33)34/h2-13,15-16H,14H2,1H3,(H,28,31)(H,29,32)(H,33,34)/t16-/m1/s1. The molecule has 0 aliphatic heterocycles. The molecule has 170 valence electrons. The number of benzene rings is 3. The van der Waals surface area contributed by atoms with Crippen LogP contribution in [-0.2, 0) is 11.2 Å². The average Bonchev–Trinajstić information content (AvgIpc) is 2.85. The van der Waals surface area contributed by atoms with Crippen molar-refractivity contribution in [2.24, 2.45) is 0 Å². The lowest BCUT2D eigenvalue weighted by molar-refractivity contribution is -0.119. The molecular formula is C27H22N2O5. The fourth-order valence-electron chi connectivity index (χ4n) is 3.69. The van der Waals surface area contributed by atoms with E-state index in [-0.39, 0.29) is 29.1 Å². The third-order valence-corrected chi connectivity index (χ3v) is 5.64. The SMILES string of the molecule is C[C@@H](NC(=O)c1ccc(-c2ccccc2)cc1)C(=O)Cc1ccc2[nH]cc(C(=O)O)c(=O)c2c1. The maximum absolute atomic E-state index is 12.7. The fraction of sp³-hybridized carbons (Fsp3) is 0.111. The fourth-order valence-corrected chi connectivity index (χ4v) is 3.69. The van der Waals surface area contributed by atoms with Gasteiger partial charge in [0.1, 0.15) is 5.56 Å². The van der Waals surface area contributed by atoms with E-state index in [4.69, 9.17) is 5.11 Å². The zero-order valence-electron chi connectivity index (χ0n) is 18.4. The summed E-state index contributed by atoms with van der Waals surface area (Å²) in [6.45, 7) is 1.61. The van der Waals surface area contributed by atoms with Gasteiger partial charge in [0.25, 0.3) is 5.91 Å². The Bertz CT molecular complexity index is 1440. The highest BCUT2D eigenvalue weighted by Gasteiger charge is 2.18. The van der Waals surface area contributed by atoms with Gasteiger partial charge in [-0.25, -0.2) is 4.79 Å². The molecule has 4 rings (SSSR count). The van der Waals surface area contributed by atoms with E-state index in [0.29, 0.717) is 16.6 Å². The summed E-state index contributed by atoms with van der Waals surface area (Å²) < 4.78 is 0. The van der Waals surface area contributed by atoms with Crippen molar-refractivity contribution in [2.45, 2.75) is 19.4 Å². The van der Waals surface area contributed by atoms with E-state index in [1.54, 1.807) is 31.2 Å². The first kappa shape index (κ1) is 22.7. The van der Waals surface area contributed by atoms with Crippen LogP contribution in [0.2, 0.25) is 0 Å². The molecule has 1 heterocycles. The summed E-state index contributed by atoms with van der Waals surface area (Å²) in [5, 5.41) is 12.1. The van der Waals surface area contributed by atoms with E-state index < -0.39 is 17.4 Å². The first-order valence-corrected chi connectivity index (χ1v) is 10.7. The molecule has 0 aliphatic rings. The number of aromatic amines is 1. The average molecular weight is 454 g/mol. The number of H-pyrrole nitrogens is 1. The molecule has 0 bridgehead atoms. The number of rotatable bonds is 7. The Hall–Kier alpha value is -4.52. The van der Waals surface area contributed by atoms with Gasteiger partial charge in [0, 0.05) is 29.1 Å². The number of fused-ring (bicyclic) bond motifs is 1. The number of nitrogens with one attached hydrogen (secondary N) is 2. The van der Waals surface area contributed by atoms with E-state index >= 15 is 0 Å². The summed E-state index contributed by atoms with van der Waals surface area (Å²) in [6, 6.07) is 21.0. The van der Waals surface area contributed by atoms with Crippen molar-refractivity contribution in [1.82, 2.24) is 10.3 Å². The molecule has 0 fully saturated rings. The second-order valence-electron chi connectivity index (χ2n) is 8.00. The predicted molar refractivity (Wildman–Crippen MR) is 129 cm³/mol. The molecule has 0 saturated heterocycles. The number of carboxylic acids is 1. The van der Waals surface area contributed by atoms with Crippen LogP contribution in [0.5, 0.6) is 0 Å². The van der Waals surface area contributed by atoms with Crippen LogP contribution in [0.1, 0.15) is 33.2 Å². The van der Waals surface area contributed by atoms with Gasteiger partial charge in [-0.1, -0.05) is 48.5 Å². The van der Waals surface area contributed by atoms with Gasteiger partial charge in [-0.15, -0.1) is 0 Å². The van der Waals surface area contributed by atoms with Crippen molar-refractivity contribution in [2.75, 3.05) is 0 Å². The number of amides is 1. The van der Waals surface area contributed by atoms with Crippen molar-refractivity contribution in [3.63, 3.8) is 0 Å². The first-order chi connectivity index (χ1) is 16.3. The van der Waals surface area contributed by atoms with E-state index in [1.807, 2.05) is 42.5 Å². The summed E-state index contributed by atoms with van der Waals surface area (Å²) >= 11 is 0.